The molecule has 0 radical (unpaired) electrons. The Kier molecular flexibility index (Phi) is 6.99. The number of halogens is 4. The van der Waals surface area contributed by atoms with Gasteiger partial charge in [-0.1, -0.05) is 11.2 Å². The molecule has 2 unspecified atom stereocenters. The lowest BCUT2D eigenvalue weighted by atomic mass is 9.79. The summed E-state index contributed by atoms with van der Waals surface area (Å²) in [5, 5.41) is 13.1. The molecule has 1 aromatic carbocycles. The zero-order valence-corrected chi connectivity index (χ0v) is 22.3. The van der Waals surface area contributed by atoms with Gasteiger partial charge in [-0.05, 0) is 60.9 Å². The summed E-state index contributed by atoms with van der Waals surface area (Å²) in [6.07, 6.45) is 0.223. The van der Waals surface area contributed by atoms with E-state index in [0.29, 0.717) is 16.9 Å². The Morgan fingerprint density at radius 2 is 1.85 bits per heavy atom. The average Bonchev–Trinajstić information content (AvgIpc) is 3.50. The number of imidazole rings is 1. The number of aromatic amines is 1. The van der Waals surface area contributed by atoms with E-state index in [9.17, 15) is 27.2 Å². The fourth-order valence-corrected chi connectivity index (χ4v) is 5.70. The van der Waals surface area contributed by atoms with E-state index < -0.39 is 42.9 Å². The summed E-state index contributed by atoms with van der Waals surface area (Å²) < 4.78 is 64.2. The second-order valence-electron chi connectivity index (χ2n) is 11.5. The predicted octanol–water partition coefficient (Wildman–Crippen LogP) is 4.54. The van der Waals surface area contributed by atoms with Crippen molar-refractivity contribution in [1.29, 1.82) is 0 Å². The van der Waals surface area contributed by atoms with Crippen LogP contribution in [0.2, 0.25) is 0 Å². The molecule has 41 heavy (non-hydrogen) atoms. The summed E-state index contributed by atoms with van der Waals surface area (Å²) in [5.41, 5.74) is 2.26. The standard InChI is InChI=1S/C27H30F4N6O4/c1-13-21(37-41-36-13)25(39)35-23(19-6-7-26(28,29)12-40-19)24-32-17-5-4-16(9-18(17)33-24)22(15-2-3-15)34-20(38)8-14-10-27(30,31)11-14/h4-5,9,14-15,19,22-23H,2-3,6-8,10-12H2,1H3,(H,32,33)(H,34,38)(H,35,39)/t19-,22?,23?/m0/s1. The van der Waals surface area contributed by atoms with E-state index in [1.165, 1.54) is 0 Å². The van der Waals surface area contributed by atoms with E-state index in [2.05, 4.69) is 35.5 Å². The molecule has 3 aliphatic rings. The molecule has 220 valence electrons. The van der Waals surface area contributed by atoms with Crippen molar-refractivity contribution in [3.8, 4) is 0 Å². The molecule has 6 rings (SSSR count). The molecular formula is C27H30F4N6O4. The smallest absolute Gasteiger partial charge is 0.276 e. The topological polar surface area (TPSA) is 135 Å². The Balaban J connectivity index is 1.23. The third kappa shape index (κ3) is 6.07. The van der Waals surface area contributed by atoms with Crippen molar-refractivity contribution in [2.75, 3.05) is 6.61 Å². The van der Waals surface area contributed by atoms with Crippen molar-refractivity contribution in [2.24, 2.45) is 11.8 Å². The molecule has 3 fully saturated rings. The van der Waals surface area contributed by atoms with Crippen LogP contribution in [-0.4, -0.2) is 56.7 Å². The molecular weight excluding hydrogens is 548 g/mol. The van der Waals surface area contributed by atoms with Crippen LogP contribution in [0.1, 0.15) is 84.6 Å². The summed E-state index contributed by atoms with van der Waals surface area (Å²) in [5.74, 6) is -6.25. The number of H-pyrrole nitrogens is 1. The number of alkyl halides is 4. The molecule has 2 saturated carbocycles. The van der Waals surface area contributed by atoms with Gasteiger partial charge < -0.3 is 20.4 Å². The number of ether oxygens (including phenoxy) is 1. The monoisotopic (exact) mass is 578 g/mol. The second kappa shape index (κ2) is 10.4. The maximum absolute atomic E-state index is 13.8. The van der Waals surface area contributed by atoms with Gasteiger partial charge in [0.2, 0.25) is 11.8 Å². The molecule has 3 heterocycles. The van der Waals surface area contributed by atoms with E-state index in [-0.39, 0.29) is 60.9 Å². The minimum Gasteiger partial charge on any atom is -0.369 e. The van der Waals surface area contributed by atoms with Gasteiger partial charge in [-0.3, -0.25) is 9.59 Å². The maximum Gasteiger partial charge on any atom is 0.276 e. The Hall–Kier alpha value is -3.55. The summed E-state index contributed by atoms with van der Waals surface area (Å²) in [6, 6.07) is 4.31. The van der Waals surface area contributed by atoms with Crippen molar-refractivity contribution >= 4 is 22.8 Å². The van der Waals surface area contributed by atoms with Crippen LogP contribution in [0.15, 0.2) is 22.8 Å². The van der Waals surface area contributed by atoms with Gasteiger partial charge in [-0.2, -0.15) is 0 Å². The molecule has 1 aliphatic heterocycles. The average molecular weight is 579 g/mol. The van der Waals surface area contributed by atoms with Crippen molar-refractivity contribution in [3.63, 3.8) is 0 Å². The fraction of sp³-hybridized carbons (Fsp3) is 0.593. The number of carbonyl (C=O) groups excluding carboxylic acids is 2. The zero-order chi connectivity index (χ0) is 28.9. The highest BCUT2D eigenvalue weighted by molar-refractivity contribution is 5.93. The first-order chi connectivity index (χ1) is 19.5. The highest BCUT2D eigenvalue weighted by Crippen LogP contribution is 2.45. The molecule has 3 atom stereocenters. The number of fused-ring (bicyclic) bond motifs is 1. The third-order valence-corrected chi connectivity index (χ3v) is 8.07. The molecule has 2 aromatic heterocycles. The number of nitrogens with one attached hydrogen (secondary N) is 3. The highest BCUT2D eigenvalue weighted by atomic mass is 19.3. The lowest BCUT2D eigenvalue weighted by molar-refractivity contribution is -0.151. The van der Waals surface area contributed by atoms with Gasteiger partial charge in [0.1, 0.15) is 24.2 Å². The molecule has 3 N–H and O–H groups in total. The van der Waals surface area contributed by atoms with Gasteiger partial charge in [0.25, 0.3) is 11.8 Å². The van der Waals surface area contributed by atoms with Crippen LogP contribution in [0.5, 0.6) is 0 Å². The summed E-state index contributed by atoms with van der Waals surface area (Å²) in [4.78, 5) is 33.5. The minimum atomic E-state index is -2.96. The molecule has 2 aliphatic carbocycles. The van der Waals surface area contributed by atoms with Gasteiger partial charge in [-0.15, -0.1) is 0 Å². The molecule has 1 saturated heterocycles. The normalized spacial score (nSPS) is 23.5. The number of aryl methyl sites for hydroxylation is 1. The molecule has 2 amide bonds. The van der Waals surface area contributed by atoms with Crippen LogP contribution < -0.4 is 10.6 Å². The third-order valence-electron chi connectivity index (χ3n) is 8.07. The van der Waals surface area contributed by atoms with Crippen LogP contribution >= 0.6 is 0 Å². The van der Waals surface area contributed by atoms with Crippen molar-refractivity contribution in [2.45, 2.75) is 81.9 Å². The van der Waals surface area contributed by atoms with E-state index in [0.717, 1.165) is 18.4 Å². The van der Waals surface area contributed by atoms with E-state index in [1.54, 1.807) is 13.0 Å². The largest absolute Gasteiger partial charge is 0.369 e. The number of benzene rings is 1. The summed E-state index contributed by atoms with van der Waals surface area (Å²) in [6.45, 7) is 0.775. The van der Waals surface area contributed by atoms with Crippen LogP contribution in [0.3, 0.4) is 0 Å². The van der Waals surface area contributed by atoms with Gasteiger partial charge in [0.05, 0.1) is 23.2 Å². The van der Waals surface area contributed by atoms with Gasteiger partial charge in [0, 0.05) is 25.7 Å². The number of hydrogen-bond acceptors (Lipinski definition) is 7. The molecule has 0 spiro atoms. The molecule has 10 nitrogen and oxygen atoms in total. The van der Waals surface area contributed by atoms with E-state index in [1.807, 2.05) is 12.1 Å². The Labute approximate surface area is 231 Å². The van der Waals surface area contributed by atoms with Crippen molar-refractivity contribution in [1.82, 2.24) is 30.9 Å². The first kappa shape index (κ1) is 27.6. The highest BCUT2D eigenvalue weighted by Gasteiger charge is 2.46. The predicted molar refractivity (Wildman–Crippen MR) is 135 cm³/mol. The van der Waals surface area contributed by atoms with Crippen molar-refractivity contribution < 1.29 is 36.5 Å². The van der Waals surface area contributed by atoms with Crippen molar-refractivity contribution in [3.05, 3.63) is 41.0 Å². The number of aromatic nitrogens is 4. The zero-order valence-electron chi connectivity index (χ0n) is 22.3. The van der Waals surface area contributed by atoms with E-state index in [4.69, 9.17) is 4.74 Å². The molecule has 3 aromatic rings. The van der Waals surface area contributed by atoms with Gasteiger partial charge >= 0.3 is 0 Å². The number of hydrogen-bond donors (Lipinski definition) is 3. The fourth-order valence-electron chi connectivity index (χ4n) is 5.70. The van der Waals surface area contributed by atoms with Crippen LogP contribution in [-0.2, 0) is 9.53 Å². The van der Waals surface area contributed by atoms with E-state index >= 15 is 0 Å². The first-order valence-corrected chi connectivity index (χ1v) is 13.7. The van der Waals surface area contributed by atoms with Crippen LogP contribution in [0, 0.1) is 18.8 Å². The quantitative estimate of drug-likeness (QED) is 0.317. The maximum atomic E-state index is 13.8. The Morgan fingerprint density at radius 1 is 1.07 bits per heavy atom. The first-order valence-electron chi connectivity index (χ1n) is 13.7. The molecule has 0 bridgehead atoms. The summed E-state index contributed by atoms with van der Waals surface area (Å²) >= 11 is 0. The van der Waals surface area contributed by atoms with Crippen LogP contribution in [0.25, 0.3) is 11.0 Å². The number of amides is 2. The lowest BCUT2D eigenvalue weighted by Crippen LogP contribution is -2.44. The molecule has 14 heteroatoms. The summed E-state index contributed by atoms with van der Waals surface area (Å²) in [7, 11) is 0. The SMILES string of the molecule is Cc1nonc1C(=O)NC(c1nc2ccc(C(NC(=O)CC3CC(F)(F)C3)C3CC3)cc2[nH]1)[C@@H]1CCC(F)(F)CO1. The Morgan fingerprint density at radius 3 is 2.49 bits per heavy atom. The number of nitrogens with zero attached hydrogens (tertiary/aromatic N) is 3. The number of rotatable bonds is 9. The van der Waals surface area contributed by atoms with Gasteiger partial charge in [0.15, 0.2) is 5.69 Å². The van der Waals surface area contributed by atoms with Gasteiger partial charge in [-0.25, -0.2) is 27.2 Å². The minimum absolute atomic E-state index is 0.0149. The number of carbonyl (C=O) groups is 2. The second-order valence-corrected chi connectivity index (χ2v) is 11.5. The van der Waals surface area contributed by atoms with Crippen LogP contribution in [0.4, 0.5) is 17.6 Å². The Bertz CT molecular complexity index is 1440. The lowest BCUT2D eigenvalue weighted by Gasteiger charge is -2.34.